The number of aryl methyl sites for hydroxylation is 1. The molecule has 0 bridgehead atoms. The number of hydrogen-bond acceptors (Lipinski definition) is 3. The van der Waals surface area contributed by atoms with E-state index in [1.165, 1.54) is 4.57 Å². The summed E-state index contributed by atoms with van der Waals surface area (Å²) >= 11 is 3.13. The second-order valence-corrected chi connectivity index (χ2v) is 4.29. The molecule has 1 aromatic heterocycles. The number of pyridine rings is 1. The molecule has 0 saturated heterocycles. The predicted molar refractivity (Wildman–Crippen MR) is 66.3 cm³/mol. The number of halogens is 1. The zero-order valence-corrected chi connectivity index (χ0v) is 10.6. The lowest BCUT2D eigenvalue weighted by Crippen LogP contribution is -2.19. The molecule has 0 spiro atoms. The van der Waals surface area contributed by atoms with Crippen LogP contribution in [0.15, 0.2) is 21.5 Å². The van der Waals surface area contributed by atoms with Crippen molar-refractivity contribution in [1.82, 2.24) is 4.57 Å². The molecule has 3 N–H and O–H groups in total. The van der Waals surface area contributed by atoms with Gasteiger partial charge >= 0.3 is 0 Å². The number of nitrogens with two attached hydrogens (primary N) is 1. The number of hydrogen-bond donors (Lipinski definition) is 2. The third kappa shape index (κ3) is 3.46. The van der Waals surface area contributed by atoms with E-state index in [0.717, 1.165) is 0 Å². The first kappa shape index (κ1) is 12.9. The zero-order valence-electron chi connectivity index (χ0n) is 9.00. The van der Waals surface area contributed by atoms with E-state index in [-0.39, 0.29) is 11.5 Å². The first-order chi connectivity index (χ1) is 7.54. The van der Waals surface area contributed by atoms with Crippen molar-refractivity contribution in [2.24, 2.45) is 12.8 Å². The van der Waals surface area contributed by atoms with Crippen LogP contribution in [0, 0.1) is 0 Å². The van der Waals surface area contributed by atoms with Crippen LogP contribution >= 0.6 is 15.9 Å². The van der Waals surface area contributed by atoms with Gasteiger partial charge in [0.25, 0.3) is 5.56 Å². The second-order valence-electron chi connectivity index (χ2n) is 3.43. The van der Waals surface area contributed by atoms with Crippen molar-refractivity contribution in [3.8, 4) is 0 Å². The molecule has 0 aromatic carbocycles. The fraction of sp³-hybridized carbons (Fsp3) is 0.400. The number of nitrogens with zero attached hydrogens (tertiary/aromatic N) is 1. The number of carbonyl (C=O) groups excluding carboxylic acids is 1. The maximum absolute atomic E-state index is 11.4. The summed E-state index contributed by atoms with van der Waals surface area (Å²) in [5, 5.41) is 2.70. The first-order valence-corrected chi connectivity index (χ1v) is 5.70. The number of aromatic nitrogens is 1. The van der Waals surface area contributed by atoms with Crippen LogP contribution in [0.25, 0.3) is 0 Å². The Bertz CT molecular complexity index is 416. The van der Waals surface area contributed by atoms with Crippen LogP contribution in [0.3, 0.4) is 0 Å². The summed E-state index contributed by atoms with van der Waals surface area (Å²) in [6.07, 6.45) is 2.61. The minimum Gasteiger partial charge on any atom is -0.330 e. The van der Waals surface area contributed by atoms with Crippen LogP contribution in [0.5, 0.6) is 0 Å². The lowest BCUT2D eigenvalue weighted by molar-refractivity contribution is -0.116. The maximum atomic E-state index is 11.4. The van der Waals surface area contributed by atoms with E-state index >= 15 is 0 Å². The van der Waals surface area contributed by atoms with Crippen molar-refractivity contribution in [1.29, 1.82) is 0 Å². The summed E-state index contributed by atoms with van der Waals surface area (Å²) in [5.74, 6) is -0.101. The molecule has 0 unspecified atom stereocenters. The van der Waals surface area contributed by atoms with Crippen LogP contribution in [0.2, 0.25) is 0 Å². The van der Waals surface area contributed by atoms with Crippen LogP contribution in [0.1, 0.15) is 12.8 Å². The molecule has 5 nitrogen and oxygen atoms in total. The minimum absolute atomic E-state index is 0.101. The zero-order chi connectivity index (χ0) is 12.1. The molecule has 1 rings (SSSR count). The van der Waals surface area contributed by atoms with Gasteiger partial charge in [-0.2, -0.15) is 0 Å². The molecular weight excluding hydrogens is 274 g/mol. The molecule has 0 aliphatic heterocycles. The van der Waals surface area contributed by atoms with Gasteiger partial charge < -0.3 is 15.6 Å². The van der Waals surface area contributed by atoms with Crippen molar-refractivity contribution in [3.63, 3.8) is 0 Å². The Morgan fingerprint density at radius 2 is 2.31 bits per heavy atom. The SMILES string of the molecule is Cn1cc(NC(=O)CCCN)cc(Br)c1=O. The summed E-state index contributed by atoms with van der Waals surface area (Å²) < 4.78 is 1.83. The van der Waals surface area contributed by atoms with Gasteiger partial charge in [-0.25, -0.2) is 0 Å². The lowest BCUT2D eigenvalue weighted by Gasteiger charge is -2.07. The quantitative estimate of drug-likeness (QED) is 0.861. The Hall–Kier alpha value is -1.14. The molecular formula is C10H14BrN3O2. The Morgan fingerprint density at radius 3 is 2.88 bits per heavy atom. The third-order valence-electron chi connectivity index (χ3n) is 2.03. The van der Waals surface area contributed by atoms with E-state index in [4.69, 9.17) is 5.73 Å². The topological polar surface area (TPSA) is 77.1 Å². The number of rotatable bonds is 4. The highest BCUT2D eigenvalue weighted by molar-refractivity contribution is 9.10. The molecule has 16 heavy (non-hydrogen) atoms. The number of carbonyl (C=O) groups is 1. The molecule has 1 aromatic rings. The molecule has 0 fully saturated rings. The molecule has 0 aliphatic carbocycles. The molecule has 1 heterocycles. The Kier molecular flexibility index (Phi) is 4.70. The van der Waals surface area contributed by atoms with Gasteiger partial charge in [-0.15, -0.1) is 0 Å². The van der Waals surface area contributed by atoms with Crippen molar-refractivity contribution >= 4 is 27.5 Å². The van der Waals surface area contributed by atoms with E-state index < -0.39 is 0 Å². The summed E-state index contributed by atoms with van der Waals surface area (Å²) in [7, 11) is 1.63. The van der Waals surface area contributed by atoms with Gasteiger partial charge in [0.1, 0.15) is 0 Å². The van der Waals surface area contributed by atoms with Gasteiger partial charge in [0.15, 0.2) is 0 Å². The van der Waals surface area contributed by atoms with E-state index in [9.17, 15) is 9.59 Å². The highest BCUT2D eigenvalue weighted by atomic mass is 79.9. The molecule has 0 aliphatic rings. The van der Waals surface area contributed by atoms with E-state index in [0.29, 0.717) is 29.5 Å². The van der Waals surface area contributed by atoms with Crippen molar-refractivity contribution in [2.75, 3.05) is 11.9 Å². The summed E-state index contributed by atoms with van der Waals surface area (Å²) in [6, 6.07) is 1.59. The van der Waals surface area contributed by atoms with Crippen molar-refractivity contribution in [2.45, 2.75) is 12.8 Å². The summed E-state index contributed by atoms with van der Waals surface area (Å²) in [6.45, 7) is 0.490. The predicted octanol–water partition coefficient (Wildman–Crippen LogP) is 0.825. The minimum atomic E-state index is -0.139. The second kappa shape index (κ2) is 5.81. The average molecular weight is 288 g/mol. The van der Waals surface area contributed by atoms with Gasteiger partial charge in [0.2, 0.25) is 5.91 Å². The molecule has 0 atom stereocenters. The van der Waals surface area contributed by atoms with Crippen LogP contribution < -0.4 is 16.6 Å². The number of nitrogens with one attached hydrogen (secondary N) is 1. The largest absolute Gasteiger partial charge is 0.330 e. The first-order valence-electron chi connectivity index (χ1n) is 4.90. The maximum Gasteiger partial charge on any atom is 0.264 e. The van der Waals surface area contributed by atoms with Gasteiger partial charge in [-0.05, 0) is 35.0 Å². The van der Waals surface area contributed by atoms with E-state index in [1.54, 1.807) is 19.3 Å². The van der Waals surface area contributed by atoms with Crippen LogP contribution in [0.4, 0.5) is 5.69 Å². The smallest absolute Gasteiger partial charge is 0.264 e. The van der Waals surface area contributed by atoms with Gasteiger partial charge in [-0.1, -0.05) is 0 Å². The van der Waals surface area contributed by atoms with E-state index in [1.807, 2.05) is 0 Å². The number of anilines is 1. The highest BCUT2D eigenvalue weighted by Gasteiger charge is 2.05. The van der Waals surface area contributed by atoms with E-state index in [2.05, 4.69) is 21.2 Å². The molecule has 0 radical (unpaired) electrons. The van der Waals surface area contributed by atoms with Crippen LogP contribution in [-0.2, 0) is 11.8 Å². The molecule has 0 saturated carbocycles. The van der Waals surface area contributed by atoms with Gasteiger partial charge in [-0.3, -0.25) is 9.59 Å². The van der Waals surface area contributed by atoms with Crippen molar-refractivity contribution in [3.05, 3.63) is 27.1 Å². The third-order valence-corrected chi connectivity index (χ3v) is 2.60. The van der Waals surface area contributed by atoms with Crippen molar-refractivity contribution < 1.29 is 4.79 Å². The average Bonchev–Trinajstić information content (AvgIpc) is 2.23. The summed E-state index contributed by atoms with van der Waals surface area (Å²) in [5.41, 5.74) is 5.76. The fourth-order valence-electron chi connectivity index (χ4n) is 1.23. The fourth-order valence-corrected chi connectivity index (χ4v) is 1.75. The highest BCUT2D eigenvalue weighted by Crippen LogP contribution is 2.11. The molecule has 88 valence electrons. The normalized spacial score (nSPS) is 10.2. The monoisotopic (exact) mass is 287 g/mol. The molecule has 6 heteroatoms. The van der Waals surface area contributed by atoms with Gasteiger partial charge in [0.05, 0.1) is 10.2 Å². The van der Waals surface area contributed by atoms with Crippen LogP contribution in [-0.4, -0.2) is 17.0 Å². The Balaban J connectivity index is 2.75. The Morgan fingerprint density at radius 1 is 1.62 bits per heavy atom. The molecule has 1 amide bonds. The summed E-state index contributed by atoms with van der Waals surface area (Å²) in [4.78, 5) is 22.8. The Labute approximate surface area is 102 Å². The lowest BCUT2D eigenvalue weighted by atomic mass is 10.3. The number of amides is 1. The standard InChI is InChI=1S/C10H14BrN3O2/c1-14-6-7(5-8(11)10(14)16)13-9(15)3-2-4-12/h5-6H,2-4,12H2,1H3,(H,13,15). The van der Waals surface area contributed by atoms with Gasteiger partial charge in [0, 0.05) is 19.7 Å².